The van der Waals surface area contributed by atoms with Crippen molar-refractivity contribution in [1.82, 2.24) is 9.38 Å². The molecular weight excluding hydrogens is 421 g/mol. The van der Waals surface area contributed by atoms with E-state index >= 15 is 0 Å². The SMILES string of the molecule is Cc1cccn2c(NC(=O)CCOc3ccccc3)c(-c3ccc(Cl)c(Cl)c3)nc12. The fourth-order valence-electron chi connectivity index (χ4n) is 3.14. The zero-order chi connectivity index (χ0) is 21.1. The van der Waals surface area contributed by atoms with Gasteiger partial charge >= 0.3 is 0 Å². The molecule has 0 saturated heterocycles. The quantitative estimate of drug-likeness (QED) is 0.399. The number of imidazole rings is 1. The number of carbonyl (C=O) groups excluding carboxylic acids is 1. The summed E-state index contributed by atoms with van der Waals surface area (Å²) in [4.78, 5) is 17.4. The van der Waals surface area contributed by atoms with E-state index in [2.05, 4.69) is 5.32 Å². The van der Waals surface area contributed by atoms with Crippen molar-refractivity contribution in [3.8, 4) is 17.0 Å². The maximum Gasteiger partial charge on any atom is 0.228 e. The number of hydrogen-bond acceptors (Lipinski definition) is 3. The minimum atomic E-state index is -0.171. The highest BCUT2D eigenvalue weighted by Gasteiger charge is 2.18. The Morgan fingerprint density at radius 2 is 1.87 bits per heavy atom. The number of fused-ring (bicyclic) bond motifs is 1. The van der Waals surface area contributed by atoms with Gasteiger partial charge in [0.05, 0.1) is 23.1 Å². The molecular formula is C23H19Cl2N3O2. The number of rotatable bonds is 6. The van der Waals surface area contributed by atoms with E-state index < -0.39 is 0 Å². The summed E-state index contributed by atoms with van der Waals surface area (Å²) in [7, 11) is 0. The molecule has 1 amide bonds. The molecule has 2 aromatic carbocycles. The minimum Gasteiger partial charge on any atom is -0.493 e. The van der Waals surface area contributed by atoms with E-state index in [9.17, 15) is 4.79 Å². The number of aromatic nitrogens is 2. The van der Waals surface area contributed by atoms with Crippen molar-refractivity contribution in [2.24, 2.45) is 0 Å². The predicted octanol–water partition coefficient (Wildman–Crippen LogP) is 6.02. The van der Waals surface area contributed by atoms with Gasteiger partial charge in [-0.05, 0) is 42.8 Å². The number of carbonyl (C=O) groups is 1. The summed E-state index contributed by atoms with van der Waals surface area (Å²) < 4.78 is 7.50. The van der Waals surface area contributed by atoms with E-state index in [1.54, 1.807) is 12.1 Å². The van der Waals surface area contributed by atoms with Gasteiger partial charge in [0.15, 0.2) is 0 Å². The van der Waals surface area contributed by atoms with Crippen LogP contribution in [0.3, 0.4) is 0 Å². The topological polar surface area (TPSA) is 55.6 Å². The summed E-state index contributed by atoms with van der Waals surface area (Å²) in [6.45, 7) is 2.24. The molecule has 2 aromatic heterocycles. The third-order valence-electron chi connectivity index (χ3n) is 4.64. The molecule has 4 rings (SSSR count). The molecule has 0 fully saturated rings. The van der Waals surface area contributed by atoms with Crippen LogP contribution in [0.5, 0.6) is 5.75 Å². The van der Waals surface area contributed by atoms with Gasteiger partial charge in [-0.1, -0.05) is 53.5 Å². The molecule has 152 valence electrons. The van der Waals surface area contributed by atoms with Crippen LogP contribution in [0.15, 0.2) is 66.9 Å². The molecule has 1 N–H and O–H groups in total. The highest BCUT2D eigenvalue weighted by atomic mass is 35.5. The smallest absolute Gasteiger partial charge is 0.228 e. The Hall–Kier alpha value is -3.02. The molecule has 0 bridgehead atoms. The first-order chi connectivity index (χ1) is 14.5. The molecule has 30 heavy (non-hydrogen) atoms. The summed E-state index contributed by atoms with van der Waals surface area (Å²) in [6, 6.07) is 18.6. The van der Waals surface area contributed by atoms with Crippen LogP contribution in [0.25, 0.3) is 16.9 Å². The normalized spacial score (nSPS) is 10.9. The van der Waals surface area contributed by atoms with Crippen LogP contribution < -0.4 is 10.1 Å². The number of hydrogen-bond donors (Lipinski definition) is 1. The second-order valence-electron chi connectivity index (χ2n) is 6.78. The second-order valence-corrected chi connectivity index (χ2v) is 7.60. The van der Waals surface area contributed by atoms with E-state index in [-0.39, 0.29) is 18.9 Å². The minimum absolute atomic E-state index is 0.171. The number of nitrogens with one attached hydrogen (secondary N) is 1. The number of benzene rings is 2. The second kappa shape index (κ2) is 8.78. The van der Waals surface area contributed by atoms with Crippen molar-refractivity contribution < 1.29 is 9.53 Å². The number of nitrogens with zero attached hydrogens (tertiary/aromatic N) is 2. The average Bonchev–Trinajstić information content (AvgIpc) is 3.10. The van der Waals surface area contributed by atoms with E-state index in [4.69, 9.17) is 32.9 Å². The summed E-state index contributed by atoms with van der Waals surface area (Å²) in [5, 5.41) is 3.87. The zero-order valence-corrected chi connectivity index (χ0v) is 17.7. The van der Waals surface area contributed by atoms with Crippen molar-refractivity contribution >= 4 is 40.6 Å². The molecule has 0 atom stereocenters. The van der Waals surface area contributed by atoms with Crippen LogP contribution in [0.2, 0.25) is 10.0 Å². The molecule has 0 saturated carbocycles. The summed E-state index contributed by atoms with van der Waals surface area (Å²) in [5.74, 6) is 1.14. The first-order valence-corrected chi connectivity index (χ1v) is 10.2. The standard InChI is InChI=1S/C23H19Cl2N3O2/c1-15-6-5-12-28-22(15)27-21(16-9-10-18(24)19(25)14-16)23(28)26-20(29)11-13-30-17-7-3-2-4-8-17/h2-10,12,14H,11,13H2,1H3,(H,26,29). The van der Waals surface area contributed by atoms with Gasteiger partial charge in [-0.15, -0.1) is 0 Å². The van der Waals surface area contributed by atoms with Crippen molar-refractivity contribution in [2.75, 3.05) is 11.9 Å². The fourth-order valence-corrected chi connectivity index (χ4v) is 3.44. The summed E-state index contributed by atoms with van der Waals surface area (Å²) in [5.41, 5.74) is 3.14. The van der Waals surface area contributed by atoms with Gasteiger partial charge in [0.2, 0.25) is 5.91 Å². The van der Waals surface area contributed by atoms with E-state index in [0.29, 0.717) is 21.6 Å². The summed E-state index contributed by atoms with van der Waals surface area (Å²) >= 11 is 12.3. The van der Waals surface area contributed by atoms with E-state index in [1.165, 1.54) is 0 Å². The van der Waals surface area contributed by atoms with Gasteiger partial charge in [-0.2, -0.15) is 0 Å². The number of halogens is 2. The zero-order valence-electron chi connectivity index (χ0n) is 16.2. The van der Waals surface area contributed by atoms with Crippen LogP contribution in [0, 0.1) is 6.92 Å². The maximum atomic E-state index is 12.7. The van der Waals surface area contributed by atoms with Crippen molar-refractivity contribution in [3.63, 3.8) is 0 Å². The number of pyridine rings is 1. The van der Waals surface area contributed by atoms with Crippen LogP contribution >= 0.6 is 23.2 Å². The molecule has 0 aliphatic heterocycles. The Morgan fingerprint density at radius 3 is 2.63 bits per heavy atom. The lowest BCUT2D eigenvalue weighted by Gasteiger charge is -2.09. The molecule has 0 aliphatic carbocycles. The van der Waals surface area contributed by atoms with Crippen LogP contribution in [0.4, 0.5) is 5.82 Å². The van der Waals surface area contributed by atoms with Gasteiger partial charge in [0.25, 0.3) is 0 Å². The largest absolute Gasteiger partial charge is 0.493 e. The maximum absolute atomic E-state index is 12.7. The van der Waals surface area contributed by atoms with Gasteiger partial charge in [0, 0.05) is 11.8 Å². The number of para-hydroxylation sites is 1. The third kappa shape index (κ3) is 4.27. The van der Waals surface area contributed by atoms with Crippen molar-refractivity contribution in [1.29, 1.82) is 0 Å². The fraction of sp³-hybridized carbons (Fsp3) is 0.130. The number of amides is 1. The Bertz CT molecular complexity index is 1210. The Labute approximate surface area is 184 Å². The van der Waals surface area contributed by atoms with Crippen LogP contribution in [-0.2, 0) is 4.79 Å². The molecule has 7 heteroatoms. The van der Waals surface area contributed by atoms with E-state index in [1.807, 2.05) is 66.1 Å². The predicted molar refractivity (Wildman–Crippen MR) is 121 cm³/mol. The van der Waals surface area contributed by atoms with Crippen LogP contribution in [0.1, 0.15) is 12.0 Å². The summed E-state index contributed by atoms with van der Waals surface area (Å²) in [6.07, 6.45) is 2.07. The number of anilines is 1. The highest BCUT2D eigenvalue weighted by Crippen LogP contribution is 2.33. The van der Waals surface area contributed by atoms with E-state index in [0.717, 1.165) is 22.5 Å². The number of aryl methyl sites for hydroxylation is 1. The first-order valence-electron chi connectivity index (χ1n) is 9.44. The van der Waals surface area contributed by atoms with Crippen molar-refractivity contribution in [2.45, 2.75) is 13.3 Å². The molecule has 5 nitrogen and oxygen atoms in total. The van der Waals surface area contributed by atoms with Crippen molar-refractivity contribution in [3.05, 3.63) is 82.5 Å². The lowest BCUT2D eigenvalue weighted by atomic mass is 10.1. The van der Waals surface area contributed by atoms with Gasteiger partial charge in [-0.3, -0.25) is 9.20 Å². The van der Waals surface area contributed by atoms with Gasteiger partial charge < -0.3 is 10.1 Å². The molecule has 4 aromatic rings. The molecule has 0 aliphatic rings. The monoisotopic (exact) mass is 439 g/mol. The lowest BCUT2D eigenvalue weighted by molar-refractivity contribution is -0.116. The first kappa shape index (κ1) is 20.3. The lowest BCUT2D eigenvalue weighted by Crippen LogP contribution is -2.16. The molecule has 0 unspecified atom stereocenters. The Morgan fingerprint density at radius 1 is 1.07 bits per heavy atom. The molecule has 0 spiro atoms. The van der Waals surface area contributed by atoms with Gasteiger partial charge in [0.1, 0.15) is 22.9 Å². The Kier molecular flexibility index (Phi) is 5.93. The van der Waals surface area contributed by atoms with Gasteiger partial charge in [-0.25, -0.2) is 4.98 Å². The number of ether oxygens (including phenoxy) is 1. The average molecular weight is 440 g/mol. The highest BCUT2D eigenvalue weighted by molar-refractivity contribution is 6.42. The Balaban J connectivity index is 1.61. The third-order valence-corrected chi connectivity index (χ3v) is 5.38. The van der Waals surface area contributed by atoms with Crippen LogP contribution in [-0.4, -0.2) is 21.9 Å². The molecule has 0 radical (unpaired) electrons. The molecule has 2 heterocycles.